The van der Waals surface area contributed by atoms with Gasteiger partial charge in [0.1, 0.15) is 0 Å². The van der Waals surface area contributed by atoms with Crippen molar-refractivity contribution < 1.29 is 9.47 Å². The maximum atomic E-state index is 5.47. The van der Waals surface area contributed by atoms with Crippen LogP contribution in [0.15, 0.2) is 0 Å². The number of ether oxygens (including phenoxy) is 2. The molecule has 0 amide bonds. The third-order valence-electron chi connectivity index (χ3n) is 2.25. The van der Waals surface area contributed by atoms with Crippen LogP contribution in [0.25, 0.3) is 10.0 Å². The highest BCUT2D eigenvalue weighted by atomic mass is 32.1. The first-order chi connectivity index (χ1) is 8.65. The van der Waals surface area contributed by atoms with Crippen LogP contribution in [-0.4, -0.2) is 23.2 Å². The molecular weight excluding hydrogens is 268 g/mol. The predicted octanol–water partition coefficient (Wildman–Crippen LogP) is 3.68. The maximum absolute atomic E-state index is 5.47. The van der Waals surface area contributed by atoms with Gasteiger partial charge < -0.3 is 9.47 Å². The molecule has 0 unspecified atom stereocenters. The minimum absolute atomic E-state index is 0.630. The van der Waals surface area contributed by atoms with Crippen molar-refractivity contribution in [3.63, 3.8) is 0 Å². The fourth-order valence-electron chi connectivity index (χ4n) is 1.49. The van der Waals surface area contributed by atoms with Crippen molar-refractivity contribution in [2.45, 2.75) is 27.7 Å². The Balaban J connectivity index is 2.30. The van der Waals surface area contributed by atoms with Crippen LogP contribution in [0.1, 0.15) is 23.6 Å². The molecule has 0 saturated carbocycles. The normalized spacial score (nSPS) is 10.7. The number of nitrogens with zero attached hydrogens (tertiary/aromatic N) is 2. The van der Waals surface area contributed by atoms with Crippen LogP contribution < -0.4 is 9.47 Å². The van der Waals surface area contributed by atoms with Crippen molar-refractivity contribution in [1.82, 2.24) is 9.97 Å². The summed E-state index contributed by atoms with van der Waals surface area (Å²) in [5, 5.41) is 1.80. The monoisotopic (exact) mass is 284 g/mol. The molecule has 0 aromatic carbocycles. The van der Waals surface area contributed by atoms with Gasteiger partial charge in [0.15, 0.2) is 10.0 Å². The van der Waals surface area contributed by atoms with E-state index in [4.69, 9.17) is 9.47 Å². The van der Waals surface area contributed by atoms with E-state index in [1.54, 1.807) is 22.7 Å². The third-order valence-corrected chi connectivity index (χ3v) is 4.30. The Labute approximate surface area is 115 Å². The molecule has 0 spiro atoms. The van der Waals surface area contributed by atoms with E-state index in [-0.39, 0.29) is 0 Å². The third kappa shape index (κ3) is 2.64. The maximum Gasteiger partial charge on any atom is 0.228 e. The lowest BCUT2D eigenvalue weighted by Crippen LogP contribution is -1.93. The van der Waals surface area contributed by atoms with Crippen LogP contribution in [0.2, 0.25) is 0 Å². The van der Waals surface area contributed by atoms with Crippen molar-refractivity contribution in [1.29, 1.82) is 0 Å². The van der Waals surface area contributed by atoms with Gasteiger partial charge in [-0.3, -0.25) is 0 Å². The molecule has 0 saturated heterocycles. The van der Waals surface area contributed by atoms with E-state index in [1.807, 2.05) is 27.7 Å². The van der Waals surface area contributed by atoms with Gasteiger partial charge >= 0.3 is 0 Å². The fourth-order valence-corrected chi connectivity index (χ4v) is 3.23. The Morgan fingerprint density at radius 1 is 0.833 bits per heavy atom. The number of thiazole rings is 2. The van der Waals surface area contributed by atoms with Crippen LogP contribution >= 0.6 is 22.7 Å². The van der Waals surface area contributed by atoms with Crippen LogP contribution in [0.3, 0.4) is 0 Å². The molecule has 0 aliphatic heterocycles. The van der Waals surface area contributed by atoms with Crippen molar-refractivity contribution in [3.8, 4) is 21.8 Å². The molecule has 18 heavy (non-hydrogen) atoms. The van der Waals surface area contributed by atoms with Gasteiger partial charge in [-0.2, -0.15) is 9.97 Å². The van der Waals surface area contributed by atoms with Crippen LogP contribution in [-0.2, 0) is 0 Å². The summed E-state index contributed by atoms with van der Waals surface area (Å²) in [7, 11) is 0. The number of aryl methyl sites for hydroxylation is 2. The highest BCUT2D eigenvalue weighted by Gasteiger charge is 2.16. The van der Waals surface area contributed by atoms with Crippen molar-refractivity contribution in [3.05, 3.63) is 9.75 Å². The second kappa shape index (κ2) is 5.67. The van der Waals surface area contributed by atoms with Gasteiger partial charge in [-0.15, -0.1) is 22.7 Å². The topological polar surface area (TPSA) is 44.2 Å². The summed E-state index contributed by atoms with van der Waals surface area (Å²) >= 11 is 3.21. The summed E-state index contributed by atoms with van der Waals surface area (Å²) < 4.78 is 10.9. The molecule has 4 nitrogen and oxygen atoms in total. The molecule has 2 rings (SSSR count). The minimum Gasteiger partial charge on any atom is -0.477 e. The Morgan fingerprint density at radius 3 is 1.56 bits per heavy atom. The van der Waals surface area contributed by atoms with Gasteiger partial charge in [0.05, 0.1) is 23.0 Å². The number of rotatable bonds is 5. The Kier molecular flexibility index (Phi) is 4.19. The molecule has 0 N–H and O–H groups in total. The van der Waals surface area contributed by atoms with Crippen molar-refractivity contribution in [2.24, 2.45) is 0 Å². The van der Waals surface area contributed by atoms with Gasteiger partial charge in [0.25, 0.3) is 0 Å². The second-order valence-corrected chi connectivity index (χ2v) is 6.03. The molecular formula is C12H16N2O2S2. The fraction of sp³-hybridized carbons (Fsp3) is 0.500. The van der Waals surface area contributed by atoms with Gasteiger partial charge in [-0.25, -0.2) is 0 Å². The standard InChI is InChI=1S/C12H16N2O2S2/c1-5-15-9-7(3)17-11(13-9)12-14-10(16-6-2)8(4)18-12/h5-6H2,1-4H3. The zero-order valence-electron chi connectivity index (χ0n) is 10.9. The summed E-state index contributed by atoms with van der Waals surface area (Å²) in [5.74, 6) is 1.42. The van der Waals surface area contributed by atoms with Gasteiger partial charge in [0.2, 0.25) is 11.8 Å². The lowest BCUT2D eigenvalue weighted by molar-refractivity contribution is 0.326. The van der Waals surface area contributed by atoms with E-state index in [1.165, 1.54) is 0 Å². The van der Waals surface area contributed by atoms with Gasteiger partial charge in [0, 0.05) is 0 Å². The lowest BCUT2D eigenvalue weighted by atomic mass is 10.6. The quantitative estimate of drug-likeness (QED) is 0.840. The molecule has 0 fully saturated rings. The van der Waals surface area contributed by atoms with Crippen LogP contribution in [0.5, 0.6) is 11.8 Å². The number of hydrogen-bond acceptors (Lipinski definition) is 6. The predicted molar refractivity (Wildman–Crippen MR) is 75.0 cm³/mol. The van der Waals surface area contributed by atoms with E-state index in [9.17, 15) is 0 Å². The van der Waals surface area contributed by atoms with Gasteiger partial charge in [-0.05, 0) is 27.7 Å². The average molecular weight is 284 g/mol. The zero-order chi connectivity index (χ0) is 13.1. The van der Waals surface area contributed by atoms with Crippen molar-refractivity contribution >= 4 is 22.7 Å². The van der Waals surface area contributed by atoms with Crippen molar-refractivity contribution in [2.75, 3.05) is 13.2 Å². The molecule has 2 aromatic rings. The summed E-state index contributed by atoms with van der Waals surface area (Å²) in [6.07, 6.45) is 0. The first-order valence-electron chi connectivity index (χ1n) is 5.86. The lowest BCUT2D eigenvalue weighted by Gasteiger charge is -1.97. The molecule has 0 bridgehead atoms. The Hall–Kier alpha value is -1.14. The molecule has 0 aliphatic carbocycles. The summed E-state index contributed by atoms with van der Waals surface area (Å²) in [4.78, 5) is 11.1. The highest BCUT2D eigenvalue weighted by molar-refractivity contribution is 7.21. The van der Waals surface area contributed by atoms with E-state index < -0.39 is 0 Å². The van der Waals surface area contributed by atoms with E-state index in [2.05, 4.69) is 9.97 Å². The molecule has 6 heteroatoms. The molecule has 0 atom stereocenters. The molecule has 2 heterocycles. The largest absolute Gasteiger partial charge is 0.477 e. The van der Waals surface area contributed by atoms with Gasteiger partial charge in [-0.1, -0.05) is 0 Å². The number of aromatic nitrogens is 2. The minimum atomic E-state index is 0.630. The molecule has 98 valence electrons. The SMILES string of the molecule is CCOc1nc(-c2nc(OCC)c(C)s2)sc1C. The van der Waals surface area contributed by atoms with Crippen LogP contribution in [0, 0.1) is 13.8 Å². The second-order valence-electron chi connectivity index (χ2n) is 3.63. The molecule has 0 aliphatic rings. The van der Waals surface area contributed by atoms with E-state index in [0.29, 0.717) is 25.0 Å². The van der Waals surface area contributed by atoms with E-state index in [0.717, 1.165) is 19.8 Å². The smallest absolute Gasteiger partial charge is 0.228 e. The van der Waals surface area contributed by atoms with Crippen LogP contribution in [0.4, 0.5) is 0 Å². The first-order valence-corrected chi connectivity index (χ1v) is 7.49. The first kappa shape index (κ1) is 13.3. The summed E-state index contributed by atoms with van der Waals surface area (Å²) in [5.41, 5.74) is 0. The highest BCUT2D eigenvalue weighted by Crippen LogP contribution is 2.37. The average Bonchev–Trinajstić information content (AvgIpc) is 2.86. The number of hydrogen-bond donors (Lipinski definition) is 0. The van der Waals surface area contributed by atoms with E-state index >= 15 is 0 Å². The Bertz CT molecular complexity index is 486. The Morgan fingerprint density at radius 2 is 1.22 bits per heavy atom. The molecule has 0 radical (unpaired) electrons. The summed E-state index contributed by atoms with van der Waals surface area (Å²) in [6, 6.07) is 0. The zero-order valence-corrected chi connectivity index (χ0v) is 12.6. The molecule has 2 aromatic heterocycles. The summed E-state index contributed by atoms with van der Waals surface area (Å²) in [6.45, 7) is 9.20.